The second-order valence-electron chi connectivity index (χ2n) is 3.18. The third-order valence-corrected chi connectivity index (χ3v) is 1.57. The van der Waals surface area contributed by atoms with Gasteiger partial charge in [0.25, 0.3) is 5.97 Å². The van der Waals surface area contributed by atoms with Crippen molar-refractivity contribution in [2.75, 3.05) is 6.54 Å². The fraction of sp³-hybridized carbons (Fsp3) is 0.417. The molecule has 0 amide bonds. The van der Waals surface area contributed by atoms with Crippen molar-refractivity contribution in [3.63, 3.8) is 0 Å². The molecule has 0 atom stereocenters. The van der Waals surface area contributed by atoms with E-state index in [-0.39, 0.29) is 0 Å². The standard InChI is InChI=1S/C10H15NO.C2H4O2/c1-2-3-9-11-12-10-7-5-4-6-8-10;1-2(3)4/h4-8,11H,2-3,9H2,1H3;1H3,(H,3,4). The van der Waals surface area contributed by atoms with Gasteiger partial charge >= 0.3 is 0 Å². The van der Waals surface area contributed by atoms with Crippen LogP contribution in [-0.2, 0) is 4.79 Å². The lowest BCUT2D eigenvalue weighted by atomic mass is 10.3. The Labute approximate surface area is 96.2 Å². The van der Waals surface area contributed by atoms with Gasteiger partial charge in [0.2, 0.25) is 0 Å². The molecular weight excluding hydrogens is 206 g/mol. The number of para-hydroxylation sites is 1. The van der Waals surface area contributed by atoms with Crippen LogP contribution in [0.1, 0.15) is 26.7 Å². The van der Waals surface area contributed by atoms with Crippen LogP contribution in [0, 0.1) is 0 Å². The molecular formula is C12H19NO3. The first-order valence-electron chi connectivity index (χ1n) is 5.31. The number of nitrogens with one attached hydrogen (secondary N) is 1. The van der Waals surface area contributed by atoms with Gasteiger partial charge in [0, 0.05) is 13.5 Å². The van der Waals surface area contributed by atoms with Crippen molar-refractivity contribution >= 4 is 5.97 Å². The minimum Gasteiger partial charge on any atom is -0.481 e. The lowest BCUT2D eigenvalue weighted by Gasteiger charge is -2.05. The van der Waals surface area contributed by atoms with E-state index in [4.69, 9.17) is 14.7 Å². The molecule has 0 aliphatic heterocycles. The van der Waals surface area contributed by atoms with Gasteiger partial charge in [-0.25, -0.2) is 0 Å². The van der Waals surface area contributed by atoms with E-state index in [2.05, 4.69) is 12.4 Å². The van der Waals surface area contributed by atoms with Crippen LogP contribution in [0.5, 0.6) is 5.75 Å². The number of carbonyl (C=O) groups is 1. The Morgan fingerprint density at radius 3 is 2.44 bits per heavy atom. The van der Waals surface area contributed by atoms with Gasteiger partial charge < -0.3 is 9.94 Å². The summed E-state index contributed by atoms with van der Waals surface area (Å²) in [6.07, 6.45) is 2.33. The first-order chi connectivity index (χ1) is 7.66. The van der Waals surface area contributed by atoms with Crippen LogP contribution in [-0.4, -0.2) is 17.6 Å². The molecule has 1 aromatic carbocycles. The number of hydroxylamine groups is 1. The maximum Gasteiger partial charge on any atom is 0.300 e. The SMILES string of the molecule is CC(=O)O.CCCCNOc1ccccc1. The Hall–Kier alpha value is -1.55. The van der Waals surface area contributed by atoms with E-state index < -0.39 is 5.97 Å². The van der Waals surface area contributed by atoms with Crippen molar-refractivity contribution in [3.05, 3.63) is 30.3 Å². The number of rotatable bonds is 5. The number of hydrogen-bond acceptors (Lipinski definition) is 3. The number of carboxylic acid groups (broad SMARTS) is 1. The van der Waals surface area contributed by atoms with E-state index in [9.17, 15) is 0 Å². The minimum atomic E-state index is -0.833. The van der Waals surface area contributed by atoms with E-state index in [1.807, 2.05) is 30.3 Å². The molecule has 2 N–H and O–H groups in total. The van der Waals surface area contributed by atoms with Crippen LogP contribution >= 0.6 is 0 Å². The molecule has 0 spiro atoms. The Kier molecular flexibility index (Phi) is 9.02. The van der Waals surface area contributed by atoms with Gasteiger partial charge in [0.15, 0.2) is 0 Å². The number of hydrogen-bond donors (Lipinski definition) is 2. The predicted molar refractivity (Wildman–Crippen MR) is 63.3 cm³/mol. The average Bonchev–Trinajstić information content (AvgIpc) is 2.25. The summed E-state index contributed by atoms with van der Waals surface area (Å²) in [6.45, 7) is 4.15. The third-order valence-electron chi connectivity index (χ3n) is 1.57. The zero-order valence-electron chi connectivity index (χ0n) is 9.77. The second-order valence-corrected chi connectivity index (χ2v) is 3.18. The van der Waals surface area contributed by atoms with Gasteiger partial charge in [0.05, 0.1) is 0 Å². The minimum absolute atomic E-state index is 0.833. The van der Waals surface area contributed by atoms with Crippen LogP contribution in [0.25, 0.3) is 0 Å². The molecule has 4 heteroatoms. The molecule has 1 aromatic rings. The van der Waals surface area contributed by atoms with Crippen molar-refractivity contribution < 1.29 is 14.7 Å². The fourth-order valence-corrected chi connectivity index (χ4v) is 0.872. The van der Waals surface area contributed by atoms with Crippen molar-refractivity contribution in [1.29, 1.82) is 0 Å². The molecule has 0 aliphatic carbocycles. The lowest BCUT2D eigenvalue weighted by molar-refractivity contribution is -0.134. The van der Waals surface area contributed by atoms with E-state index in [0.717, 1.165) is 25.6 Å². The molecule has 0 aromatic heterocycles. The summed E-state index contributed by atoms with van der Waals surface area (Å²) in [7, 11) is 0. The Morgan fingerprint density at radius 1 is 1.38 bits per heavy atom. The normalized spacial score (nSPS) is 8.88. The maximum absolute atomic E-state index is 9.00. The average molecular weight is 225 g/mol. The summed E-state index contributed by atoms with van der Waals surface area (Å²) in [5, 5.41) is 7.42. The molecule has 4 nitrogen and oxygen atoms in total. The smallest absolute Gasteiger partial charge is 0.300 e. The van der Waals surface area contributed by atoms with Gasteiger partial charge in [-0.1, -0.05) is 31.5 Å². The van der Waals surface area contributed by atoms with Crippen LogP contribution in [0.2, 0.25) is 0 Å². The number of aliphatic carboxylic acids is 1. The topological polar surface area (TPSA) is 58.6 Å². The third kappa shape index (κ3) is 10.5. The predicted octanol–water partition coefficient (Wildman–Crippen LogP) is 2.46. The lowest BCUT2D eigenvalue weighted by Crippen LogP contribution is -2.19. The van der Waals surface area contributed by atoms with E-state index in [1.54, 1.807) is 0 Å². The number of unbranched alkanes of at least 4 members (excludes halogenated alkanes) is 1. The van der Waals surface area contributed by atoms with E-state index in [0.29, 0.717) is 0 Å². The zero-order valence-corrected chi connectivity index (χ0v) is 9.77. The van der Waals surface area contributed by atoms with Crippen molar-refractivity contribution in [2.24, 2.45) is 0 Å². The Morgan fingerprint density at radius 2 is 1.94 bits per heavy atom. The molecule has 0 heterocycles. The van der Waals surface area contributed by atoms with Gasteiger partial charge in [-0.3, -0.25) is 4.79 Å². The van der Waals surface area contributed by atoms with Gasteiger partial charge in [0.1, 0.15) is 5.75 Å². The monoisotopic (exact) mass is 225 g/mol. The van der Waals surface area contributed by atoms with Gasteiger partial charge in [-0.05, 0) is 18.6 Å². The second kappa shape index (κ2) is 9.98. The van der Waals surface area contributed by atoms with Crippen molar-refractivity contribution in [1.82, 2.24) is 5.48 Å². The quantitative estimate of drug-likeness (QED) is 0.597. The number of carboxylic acids is 1. The largest absolute Gasteiger partial charge is 0.481 e. The molecule has 0 saturated carbocycles. The van der Waals surface area contributed by atoms with Crippen LogP contribution in [0.3, 0.4) is 0 Å². The summed E-state index contributed by atoms with van der Waals surface area (Å²) >= 11 is 0. The van der Waals surface area contributed by atoms with Gasteiger partial charge in [-0.15, -0.1) is 0 Å². The summed E-state index contributed by atoms with van der Waals surface area (Å²) in [4.78, 5) is 14.3. The Balaban J connectivity index is 0.000000487. The molecule has 0 saturated heterocycles. The van der Waals surface area contributed by atoms with E-state index in [1.165, 1.54) is 6.42 Å². The van der Waals surface area contributed by atoms with Crippen LogP contribution in [0.4, 0.5) is 0 Å². The first kappa shape index (κ1) is 14.5. The molecule has 1 rings (SSSR count). The van der Waals surface area contributed by atoms with Gasteiger partial charge in [-0.2, -0.15) is 5.48 Å². The summed E-state index contributed by atoms with van der Waals surface area (Å²) in [6, 6.07) is 9.74. The highest BCUT2D eigenvalue weighted by Gasteiger charge is 1.88. The van der Waals surface area contributed by atoms with Crippen LogP contribution < -0.4 is 10.3 Å². The summed E-state index contributed by atoms with van der Waals surface area (Å²) < 4.78 is 0. The highest BCUT2D eigenvalue weighted by Crippen LogP contribution is 2.06. The molecule has 16 heavy (non-hydrogen) atoms. The fourth-order valence-electron chi connectivity index (χ4n) is 0.872. The Bertz CT molecular complexity index is 271. The number of benzene rings is 1. The van der Waals surface area contributed by atoms with Crippen LogP contribution in [0.15, 0.2) is 30.3 Å². The molecule has 0 fully saturated rings. The summed E-state index contributed by atoms with van der Waals surface area (Å²) in [5.41, 5.74) is 2.90. The molecule has 90 valence electrons. The molecule has 0 unspecified atom stereocenters. The molecule has 0 bridgehead atoms. The maximum atomic E-state index is 9.00. The first-order valence-corrected chi connectivity index (χ1v) is 5.31. The van der Waals surface area contributed by atoms with E-state index >= 15 is 0 Å². The highest BCUT2D eigenvalue weighted by atomic mass is 16.6. The zero-order chi connectivity index (χ0) is 12.2. The summed E-state index contributed by atoms with van der Waals surface area (Å²) in [5.74, 6) is 0.0357. The highest BCUT2D eigenvalue weighted by molar-refractivity contribution is 5.62. The molecule has 0 aliphatic rings. The van der Waals surface area contributed by atoms with Crippen molar-refractivity contribution in [2.45, 2.75) is 26.7 Å². The molecule has 0 radical (unpaired) electrons. The van der Waals surface area contributed by atoms with Crippen molar-refractivity contribution in [3.8, 4) is 5.75 Å².